The predicted molar refractivity (Wildman–Crippen MR) is 64.9 cm³/mol. The number of hydrogen-bond acceptors (Lipinski definition) is 5. The highest BCUT2D eigenvalue weighted by atomic mass is 16.6. The molecule has 1 amide bonds. The monoisotopic (exact) mass is 264 g/mol. The van der Waals surface area contributed by atoms with E-state index in [4.69, 9.17) is 14.7 Å². The van der Waals surface area contributed by atoms with E-state index in [2.05, 4.69) is 0 Å². The van der Waals surface area contributed by atoms with Crippen molar-refractivity contribution in [1.29, 1.82) is 5.26 Å². The van der Waals surface area contributed by atoms with Crippen molar-refractivity contribution in [1.82, 2.24) is 4.90 Å². The van der Waals surface area contributed by atoms with Gasteiger partial charge in [-0.05, 0) is 32.3 Å². The summed E-state index contributed by atoms with van der Waals surface area (Å²) in [5.41, 5.74) is -0.440. The van der Waals surface area contributed by atoms with E-state index in [1.807, 2.05) is 6.07 Å². The Morgan fingerprint density at radius 2 is 2.16 bits per heavy atom. The number of fused-ring (bicyclic) bond motifs is 1. The number of ether oxygens (including phenoxy) is 2. The third kappa shape index (κ3) is 1.77. The molecule has 1 saturated carbocycles. The molecule has 102 valence electrons. The number of rotatable bonds is 3. The largest absolute Gasteiger partial charge is 0.464 e. The minimum Gasteiger partial charge on any atom is -0.464 e. The van der Waals surface area contributed by atoms with E-state index in [0.29, 0.717) is 18.4 Å². The standard InChI is InChI=1S/C13H16N2O4/c1-3-18-11(16)13-9(7-8-14)5-6-10(13)15(13)12(17)19-4-2/h7,10H,3-6H2,1-2H3/b9-7+. The van der Waals surface area contributed by atoms with Crippen molar-refractivity contribution in [2.45, 2.75) is 38.3 Å². The van der Waals surface area contributed by atoms with Crippen LogP contribution >= 0.6 is 0 Å². The molecule has 1 aliphatic heterocycles. The van der Waals surface area contributed by atoms with E-state index in [-0.39, 0.29) is 19.3 Å². The topological polar surface area (TPSA) is 79.4 Å². The Kier molecular flexibility index (Phi) is 3.47. The van der Waals surface area contributed by atoms with Crippen LogP contribution in [-0.2, 0) is 14.3 Å². The van der Waals surface area contributed by atoms with Crippen LogP contribution in [0.15, 0.2) is 11.6 Å². The van der Waals surface area contributed by atoms with Crippen molar-refractivity contribution < 1.29 is 19.1 Å². The zero-order chi connectivity index (χ0) is 14.0. The Morgan fingerprint density at radius 3 is 2.74 bits per heavy atom. The highest BCUT2D eigenvalue weighted by Crippen LogP contribution is 2.57. The first-order valence-corrected chi connectivity index (χ1v) is 6.36. The van der Waals surface area contributed by atoms with Gasteiger partial charge in [0.25, 0.3) is 0 Å². The molecule has 1 aliphatic carbocycles. The maximum atomic E-state index is 12.2. The lowest BCUT2D eigenvalue weighted by Gasteiger charge is -2.17. The van der Waals surface area contributed by atoms with Gasteiger partial charge in [-0.3, -0.25) is 4.90 Å². The van der Waals surface area contributed by atoms with Crippen LogP contribution in [0.4, 0.5) is 4.79 Å². The van der Waals surface area contributed by atoms with Crippen LogP contribution < -0.4 is 0 Å². The van der Waals surface area contributed by atoms with Gasteiger partial charge in [-0.1, -0.05) is 0 Å². The van der Waals surface area contributed by atoms with Gasteiger partial charge in [0.05, 0.1) is 25.3 Å². The highest BCUT2D eigenvalue weighted by Gasteiger charge is 2.76. The number of hydrogen-bond donors (Lipinski definition) is 0. The molecule has 0 aromatic carbocycles. The molecular formula is C13H16N2O4. The molecule has 1 heterocycles. The lowest BCUT2D eigenvalue weighted by molar-refractivity contribution is -0.146. The fourth-order valence-corrected chi connectivity index (χ4v) is 2.87. The average Bonchev–Trinajstić information content (AvgIpc) is 2.93. The zero-order valence-electron chi connectivity index (χ0n) is 11.0. The highest BCUT2D eigenvalue weighted by molar-refractivity contribution is 5.98. The molecule has 0 aromatic heterocycles. The fourth-order valence-electron chi connectivity index (χ4n) is 2.87. The van der Waals surface area contributed by atoms with Gasteiger partial charge in [-0.2, -0.15) is 5.26 Å². The number of nitrogens with zero attached hydrogens (tertiary/aromatic N) is 2. The van der Waals surface area contributed by atoms with E-state index in [9.17, 15) is 9.59 Å². The van der Waals surface area contributed by atoms with Crippen molar-refractivity contribution in [2.24, 2.45) is 0 Å². The number of allylic oxidation sites excluding steroid dienone is 1. The number of esters is 1. The van der Waals surface area contributed by atoms with E-state index in [0.717, 1.165) is 0 Å². The SMILES string of the molecule is CCOC(=O)N1C2CC/C(=C\C#N)C21C(=O)OCC. The van der Waals surface area contributed by atoms with Crippen LogP contribution in [0.1, 0.15) is 26.7 Å². The molecule has 19 heavy (non-hydrogen) atoms. The number of nitriles is 1. The number of amides is 1. The summed E-state index contributed by atoms with van der Waals surface area (Å²) in [7, 11) is 0. The van der Waals surface area contributed by atoms with E-state index in [1.165, 1.54) is 11.0 Å². The molecule has 0 N–H and O–H groups in total. The van der Waals surface area contributed by atoms with Crippen molar-refractivity contribution in [3.05, 3.63) is 11.6 Å². The first-order valence-electron chi connectivity index (χ1n) is 6.36. The van der Waals surface area contributed by atoms with E-state index < -0.39 is 17.6 Å². The lowest BCUT2D eigenvalue weighted by atomic mass is 10.0. The summed E-state index contributed by atoms with van der Waals surface area (Å²) in [6.45, 7) is 3.91. The molecule has 0 radical (unpaired) electrons. The molecule has 6 nitrogen and oxygen atoms in total. The maximum absolute atomic E-state index is 12.2. The van der Waals surface area contributed by atoms with Crippen molar-refractivity contribution in [3.8, 4) is 6.07 Å². The van der Waals surface area contributed by atoms with E-state index in [1.54, 1.807) is 13.8 Å². The van der Waals surface area contributed by atoms with Crippen molar-refractivity contribution >= 4 is 12.1 Å². The molecule has 2 unspecified atom stereocenters. The third-order valence-electron chi connectivity index (χ3n) is 3.57. The molecule has 0 spiro atoms. The Hall–Kier alpha value is -2.03. The number of carbonyl (C=O) groups is 2. The molecule has 6 heteroatoms. The molecule has 0 aromatic rings. The predicted octanol–water partition coefficient (Wildman–Crippen LogP) is 1.37. The van der Waals surface area contributed by atoms with Crippen molar-refractivity contribution in [2.75, 3.05) is 13.2 Å². The second-order valence-corrected chi connectivity index (χ2v) is 4.41. The minimum absolute atomic E-state index is 0.231. The van der Waals surface area contributed by atoms with Gasteiger partial charge in [0, 0.05) is 6.08 Å². The smallest absolute Gasteiger partial charge is 0.411 e. The average molecular weight is 264 g/mol. The summed E-state index contributed by atoms with van der Waals surface area (Å²) in [6, 6.07) is 1.70. The molecule has 2 rings (SSSR count). The second kappa shape index (κ2) is 4.92. The van der Waals surface area contributed by atoms with Gasteiger partial charge in [0.1, 0.15) is 0 Å². The molecule has 2 fully saturated rings. The van der Waals surface area contributed by atoms with Crippen LogP contribution in [0, 0.1) is 11.3 Å². The minimum atomic E-state index is -1.09. The lowest BCUT2D eigenvalue weighted by Crippen LogP contribution is -2.35. The summed E-state index contributed by atoms with van der Waals surface area (Å²) < 4.78 is 10.0. The zero-order valence-corrected chi connectivity index (χ0v) is 11.0. The summed E-state index contributed by atoms with van der Waals surface area (Å²) in [4.78, 5) is 25.4. The second-order valence-electron chi connectivity index (χ2n) is 4.41. The van der Waals surface area contributed by atoms with Gasteiger partial charge in [0.15, 0.2) is 5.54 Å². The number of piperidine rings is 1. The first-order chi connectivity index (χ1) is 9.14. The number of likely N-dealkylation sites (tertiary alicyclic amines) is 1. The van der Waals surface area contributed by atoms with Crippen LogP contribution in [0.25, 0.3) is 0 Å². The number of carbonyl (C=O) groups excluding carboxylic acids is 2. The van der Waals surface area contributed by atoms with Crippen LogP contribution in [0.2, 0.25) is 0 Å². The Morgan fingerprint density at radius 1 is 1.47 bits per heavy atom. The summed E-state index contributed by atoms with van der Waals surface area (Å²) in [5, 5.41) is 8.80. The summed E-state index contributed by atoms with van der Waals surface area (Å²) in [5.74, 6) is -0.466. The van der Waals surface area contributed by atoms with Crippen molar-refractivity contribution in [3.63, 3.8) is 0 Å². The Bertz CT molecular complexity index is 480. The van der Waals surface area contributed by atoms with Gasteiger partial charge in [-0.15, -0.1) is 0 Å². The van der Waals surface area contributed by atoms with Gasteiger partial charge >= 0.3 is 12.1 Å². The van der Waals surface area contributed by atoms with Crippen LogP contribution in [-0.4, -0.2) is 41.8 Å². The maximum Gasteiger partial charge on any atom is 0.411 e. The Balaban J connectivity index is 2.31. The summed E-state index contributed by atoms with van der Waals surface area (Å²) in [6.07, 6.45) is 2.11. The van der Waals surface area contributed by atoms with Gasteiger partial charge in [0.2, 0.25) is 0 Å². The molecule has 1 saturated heterocycles. The first kappa shape index (κ1) is 13.4. The molecular weight excluding hydrogens is 248 g/mol. The van der Waals surface area contributed by atoms with Crippen LogP contribution in [0.5, 0.6) is 0 Å². The molecule has 0 bridgehead atoms. The van der Waals surface area contributed by atoms with Gasteiger partial charge in [-0.25, -0.2) is 9.59 Å². The van der Waals surface area contributed by atoms with Crippen LogP contribution in [0.3, 0.4) is 0 Å². The Labute approximate surface area is 111 Å². The molecule has 2 atom stereocenters. The third-order valence-corrected chi connectivity index (χ3v) is 3.57. The molecule has 2 aliphatic rings. The fraction of sp³-hybridized carbons (Fsp3) is 0.615. The van der Waals surface area contributed by atoms with E-state index >= 15 is 0 Å². The normalized spacial score (nSPS) is 29.6. The summed E-state index contributed by atoms with van der Waals surface area (Å²) >= 11 is 0. The van der Waals surface area contributed by atoms with Gasteiger partial charge < -0.3 is 9.47 Å². The quantitative estimate of drug-likeness (QED) is 0.437.